The zero-order valence-corrected chi connectivity index (χ0v) is 39.2. The molecular formula is C64H53BN2. The van der Waals surface area contributed by atoms with Crippen molar-refractivity contribution in [1.82, 2.24) is 0 Å². The quantitative estimate of drug-likeness (QED) is 0.126. The molecule has 0 atom stereocenters. The van der Waals surface area contributed by atoms with Crippen LogP contribution >= 0.6 is 0 Å². The van der Waals surface area contributed by atoms with Crippen LogP contribution in [0.2, 0.25) is 0 Å². The molecule has 0 spiro atoms. The SMILES string of the molecule is CC(C)(C)c1cc(-c2cc3c4c(c2)N(c2ccccc2)c2ccc(C(C)(C)C)cc2B4c2ccccc2N3c2ccccc2)cc(-c2c3ccccc3c(-c3ccccc3)c3ccccc23)c1. The van der Waals surface area contributed by atoms with E-state index >= 15 is 0 Å². The van der Waals surface area contributed by atoms with Crippen molar-refractivity contribution >= 4 is 78.8 Å². The van der Waals surface area contributed by atoms with Gasteiger partial charge in [-0.05, 0) is 148 Å². The summed E-state index contributed by atoms with van der Waals surface area (Å²) in [4.78, 5) is 5.06. The van der Waals surface area contributed by atoms with Gasteiger partial charge >= 0.3 is 0 Å². The molecule has 2 heterocycles. The Hall–Kier alpha value is -7.62. The highest BCUT2D eigenvalue weighted by molar-refractivity contribution is 7.00. The first-order valence-corrected chi connectivity index (χ1v) is 23.8. The summed E-state index contributed by atoms with van der Waals surface area (Å²) in [5, 5.41) is 5.04. The minimum absolute atomic E-state index is 0.0157. The first-order chi connectivity index (χ1) is 32.5. The highest BCUT2D eigenvalue weighted by Crippen LogP contribution is 2.49. The Morgan fingerprint density at radius 2 is 0.746 bits per heavy atom. The van der Waals surface area contributed by atoms with Gasteiger partial charge in [-0.15, -0.1) is 0 Å². The third-order valence-electron chi connectivity index (χ3n) is 14.3. The normalized spacial score (nSPS) is 13.1. The van der Waals surface area contributed by atoms with Gasteiger partial charge in [-0.3, -0.25) is 0 Å². The van der Waals surface area contributed by atoms with E-state index in [1.54, 1.807) is 0 Å². The Balaban J connectivity index is 1.18. The van der Waals surface area contributed by atoms with Crippen LogP contribution in [-0.2, 0) is 10.8 Å². The van der Waals surface area contributed by atoms with Crippen LogP contribution in [0.3, 0.4) is 0 Å². The van der Waals surface area contributed by atoms with Gasteiger partial charge in [0.25, 0.3) is 6.71 Å². The maximum atomic E-state index is 2.54. The van der Waals surface area contributed by atoms with Crippen LogP contribution < -0.4 is 26.2 Å². The predicted octanol–water partition coefficient (Wildman–Crippen LogP) is 15.7. The molecule has 2 aliphatic rings. The zero-order chi connectivity index (χ0) is 45.6. The largest absolute Gasteiger partial charge is 0.311 e. The average molecular weight is 861 g/mol. The molecule has 0 saturated carbocycles. The molecule has 10 aromatic rings. The molecule has 0 aliphatic carbocycles. The molecule has 0 aromatic heterocycles. The monoisotopic (exact) mass is 860 g/mol. The summed E-state index contributed by atoms with van der Waals surface area (Å²) in [6.45, 7) is 14.1. The van der Waals surface area contributed by atoms with Crippen LogP contribution in [-0.4, -0.2) is 6.71 Å². The van der Waals surface area contributed by atoms with Crippen LogP contribution in [0.1, 0.15) is 52.7 Å². The average Bonchev–Trinajstić information content (AvgIpc) is 3.35. The highest BCUT2D eigenvalue weighted by atomic mass is 15.2. The lowest BCUT2D eigenvalue weighted by Crippen LogP contribution is -2.61. The van der Waals surface area contributed by atoms with Crippen molar-refractivity contribution in [3.63, 3.8) is 0 Å². The Morgan fingerprint density at radius 1 is 0.313 bits per heavy atom. The van der Waals surface area contributed by atoms with E-state index in [-0.39, 0.29) is 17.5 Å². The van der Waals surface area contributed by atoms with Gasteiger partial charge in [0.1, 0.15) is 0 Å². The highest BCUT2D eigenvalue weighted by Gasteiger charge is 2.44. The van der Waals surface area contributed by atoms with Crippen LogP contribution in [0, 0.1) is 0 Å². The molecule has 3 heteroatoms. The fourth-order valence-corrected chi connectivity index (χ4v) is 11.0. The molecule has 67 heavy (non-hydrogen) atoms. The summed E-state index contributed by atoms with van der Waals surface area (Å²) in [5.74, 6) is 0. The topological polar surface area (TPSA) is 6.48 Å². The number of anilines is 6. The maximum Gasteiger partial charge on any atom is 0.252 e. The van der Waals surface area contributed by atoms with E-state index in [0.29, 0.717) is 0 Å². The van der Waals surface area contributed by atoms with Crippen LogP contribution in [0.4, 0.5) is 34.1 Å². The van der Waals surface area contributed by atoms with Crippen molar-refractivity contribution in [2.45, 2.75) is 52.4 Å². The third kappa shape index (κ3) is 6.71. The predicted molar refractivity (Wildman–Crippen MR) is 289 cm³/mol. The van der Waals surface area contributed by atoms with Crippen LogP contribution in [0.15, 0.2) is 212 Å². The lowest BCUT2D eigenvalue weighted by molar-refractivity contribution is 0.590. The van der Waals surface area contributed by atoms with E-state index < -0.39 is 0 Å². The standard InChI is InChI=1S/C64H53BN2/c1-63(2,3)46-34-35-57-55(41-46)65-54-32-20-21-33-56(54)66(48-24-12-8-13-25-48)58-39-44(40-59(62(58)65)67(57)49-26-14-9-15-27-49)43-36-45(38-47(37-43)64(4,5)6)61-52-30-18-16-28-50(52)60(42-22-10-7-11-23-42)51-29-17-19-31-53(51)61/h7-41H,1-6H3. The Kier molecular flexibility index (Phi) is 9.45. The third-order valence-corrected chi connectivity index (χ3v) is 14.3. The fourth-order valence-electron chi connectivity index (χ4n) is 11.0. The summed E-state index contributed by atoms with van der Waals surface area (Å²) < 4.78 is 0. The van der Waals surface area contributed by atoms with Gasteiger partial charge in [-0.25, -0.2) is 0 Å². The first-order valence-electron chi connectivity index (χ1n) is 23.8. The smallest absolute Gasteiger partial charge is 0.252 e. The molecule has 10 aromatic carbocycles. The number of fused-ring (bicyclic) bond motifs is 6. The number of nitrogens with zero attached hydrogens (tertiary/aromatic N) is 2. The lowest BCUT2D eigenvalue weighted by Gasteiger charge is -2.44. The second-order valence-electron chi connectivity index (χ2n) is 20.5. The molecule has 2 aliphatic heterocycles. The second kappa shape index (κ2) is 15.5. The van der Waals surface area contributed by atoms with Crippen LogP contribution in [0.5, 0.6) is 0 Å². The fraction of sp³-hybridized carbons (Fsp3) is 0.125. The van der Waals surface area contributed by atoms with Gasteiger partial charge in [0, 0.05) is 34.1 Å². The summed E-state index contributed by atoms with van der Waals surface area (Å²) >= 11 is 0. The van der Waals surface area contributed by atoms with E-state index in [2.05, 4.69) is 264 Å². The Bertz CT molecular complexity index is 3470. The van der Waals surface area contributed by atoms with Gasteiger partial charge in [0.15, 0.2) is 0 Å². The van der Waals surface area contributed by atoms with Gasteiger partial charge < -0.3 is 9.80 Å². The molecule has 2 nitrogen and oxygen atoms in total. The van der Waals surface area contributed by atoms with Gasteiger partial charge in [-0.1, -0.05) is 199 Å². The van der Waals surface area contributed by atoms with Crippen LogP contribution in [0.25, 0.3) is 54.9 Å². The minimum atomic E-state index is -0.122. The summed E-state index contributed by atoms with van der Waals surface area (Å²) in [5.41, 5.74) is 21.0. The van der Waals surface area contributed by atoms with Gasteiger partial charge in [0.2, 0.25) is 0 Å². The van der Waals surface area contributed by atoms with Crippen molar-refractivity contribution in [2.75, 3.05) is 9.80 Å². The molecule has 0 amide bonds. The molecule has 0 unspecified atom stereocenters. The number of para-hydroxylation sites is 3. The lowest BCUT2D eigenvalue weighted by atomic mass is 9.33. The molecule has 12 rings (SSSR count). The molecule has 0 bridgehead atoms. The van der Waals surface area contributed by atoms with E-state index in [4.69, 9.17) is 0 Å². The first kappa shape index (κ1) is 40.9. The number of hydrogen-bond acceptors (Lipinski definition) is 2. The maximum absolute atomic E-state index is 2.54. The van der Waals surface area contributed by atoms with Crippen molar-refractivity contribution in [2.24, 2.45) is 0 Å². The van der Waals surface area contributed by atoms with Gasteiger partial charge in [0.05, 0.1) is 0 Å². The summed E-state index contributed by atoms with van der Waals surface area (Å²) in [7, 11) is 0. The van der Waals surface area contributed by atoms with Crippen molar-refractivity contribution < 1.29 is 0 Å². The van der Waals surface area contributed by atoms with Gasteiger partial charge in [-0.2, -0.15) is 0 Å². The molecule has 0 fully saturated rings. The van der Waals surface area contributed by atoms with E-state index in [1.807, 2.05) is 0 Å². The summed E-state index contributed by atoms with van der Waals surface area (Å²) in [6.07, 6.45) is 0. The number of benzene rings is 10. The van der Waals surface area contributed by atoms with Crippen molar-refractivity contribution in [3.8, 4) is 33.4 Å². The van der Waals surface area contributed by atoms with E-state index in [9.17, 15) is 0 Å². The van der Waals surface area contributed by atoms with Crippen molar-refractivity contribution in [3.05, 3.63) is 223 Å². The Morgan fingerprint density at radius 3 is 1.28 bits per heavy atom. The minimum Gasteiger partial charge on any atom is -0.311 e. The Labute approximate surface area is 395 Å². The molecular weight excluding hydrogens is 808 g/mol. The second-order valence-corrected chi connectivity index (χ2v) is 20.5. The molecule has 322 valence electrons. The zero-order valence-electron chi connectivity index (χ0n) is 39.2. The number of hydrogen-bond donors (Lipinski definition) is 0. The molecule has 0 N–H and O–H groups in total. The molecule has 0 saturated heterocycles. The summed E-state index contributed by atoms with van der Waals surface area (Å²) in [6, 6.07) is 79.6. The van der Waals surface area contributed by atoms with E-state index in [0.717, 1.165) is 11.4 Å². The van der Waals surface area contributed by atoms with Crippen molar-refractivity contribution in [1.29, 1.82) is 0 Å². The van der Waals surface area contributed by atoms with E-state index in [1.165, 1.54) is 105 Å². The molecule has 0 radical (unpaired) electrons. The number of rotatable bonds is 5.